The zero-order valence-electron chi connectivity index (χ0n) is 20.0. The van der Waals surface area contributed by atoms with Crippen molar-refractivity contribution < 1.29 is 20.1 Å². The third-order valence-electron chi connectivity index (χ3n) is 4.99. The Morgan fingerprint density at radius 1 is 0.667 bits per heavy atom. The van der Waals surface area contributed by atoms with Crippen LogP contribution in [0.4, 0.5) is 0 Å². The number of aromatic nitrogens is 2. The molecule has 4 rings (SSSR count). The van der Waals surface area contributed by atoms with Crippen molar-refractivity contribution in [2.75, 3.05) is 0 Å². The first-order valence-corrected chi connectivity index (χ1v) is 11.4. The second-order valence-electron chi connectivity index (χ2n) is 8.94. The van der Waals surface area contributed by atoms with Gasteiger partial charge in [0.25, 0.3) is 0 Å². The molecule has 173 valence electrons. The molecule has 2 aromatic heterocycles. The van der Waals surface area contributed by atoms with E-state index in [0.29, 0.717) is 11.8 Å². The van der Waals surface area contributed by atoms with Crippen LogP contribution in [0.2, 0.25) is 0 Å². The first-order valence-electron chi connectivity index (χ1n) is 11.4. The van der Waals surface area contributed by atoms with Gasteiger partial charge in [-0.3, -0.25) is 4.98 Å². The quantitative estimate of drug-likeness (QED) is 0.209. The molecule has 0 aliphatic rings. The van der Waals surface area contributed by atoms with Crippen molar-refractivity contribution in [1.82, 2.24) is 9.97 Å². The molecule has 4 aromatic rings. The van der Waals surface area contributed by atoms with Crippen molar-refractivity contribution in [3.8, 4) is 22.5 Å². The van der Waals surface area contributed by atoms with Gasteiger partial charge < -0.3 is 4.98 Å². The van der Waals surface area contributed by atoms with Crippen LogP contribution >= 0.6 is 0 Å². The van der Waals surface area contributed by atoms with Crippen LogP contribution in [0.15, 0.2) is 91.3 Å². The fraction of sp³-hybridized carbons (Fsp3) is 0.267. The van der Waals surface area contributed by atoms with Gasteiger partial charge >= 0.3 is 0 Å². The van der Waals surface area contributed by atoms with E-state index in [1.54, 1.807) is 0 Å². The normalized spacial score (nSPS) is 10.4. The van der Waals surface area contributed by atoms with E-state index in [4.69, 9.17) is 0 Å². The maximum Gasteiger partial charge on any atom is 0.0704 e. The molecule has 0 aliphatic heterocycles. The Bertz CT molecular complexity index is 987. The molecule has 0 aliphatic carbocycles. The molecule has 1 radical (unpaired) electrons. The summed E-state index contributed by atoms with van der Waals surface area (Å²) in [6, 6.07) is 30.0. The summed E-state index contributed by atoms with van der Waals surface area (Å²) in [5.74, 6) is 1.36. The summed E-state index contributed by atoms with van der Waals surface area (Å²) < 4.78 is 0. The van der Waals surface area contributed by atoms with E-state index < -0.39 is 0 Å². The monoisotopic (exact) mass is 614 g/mol. The largest absolute Gasteiger partial charge is 0.305 e. The first kappa shape index (κ1) is 26.6. The Kier molecular flexibility index (Phi) is 11.2. The van der Waals surface area contributed by atoms with Crippen molar-refractivity contribution in [2.24, 2.45) is 11.8 Å². The third kappa shape index (κ3) is 9.04. The van der Waals surface area contributed by atoms with E-state index in [0.717, 1.165) is 29.8 Å². The molecule has 33 heavy (non-hydrogen) atoms. The maximum atomic E-state index is 4.42. The maximum absolute atomic E-state index is 4.42. The topological polar surface area (TPSA) is 25.8 Å². The number of pyridine rings is 2. The summed E-state index contributed by atoms with van der Waals surface area (Å²) in [6.07, 6.45) is 6.00. The predicted molar refractivity (Wildman–Crippen MR) is 135 cm³/mol. The van der Waals surface area contributed by atoms with Gasteiger partial charge in [0.05, 0.1) is 5.69 Å². The first-order chi connectivity index (χ1) is 15.5. The molecule has 0 amide bonds. The van der Waals surface area contributed by atoms with Gasteiger partial charge in [-0.15, -0.1) is 35.9 Å². The van der Waals surface area contributed by atoms with Crippen molar-refractivity contribution in [3.63, 3.8) is 0 Å². The molecule has 3 heteroatoms. The zero-order valence-corrected chi connectivity index (χ0v) is 22.4. The van der Waals surface area contributed by atoms with Crippen molar-refractivity contribution in [3.05, 3.63) is 108 Å². The molecular weight excluding hydrogens is 581 g/mol. The van der Waals surface area contributed by atoms with E-state index in [-0.39, 0.29) is 20.1 Å². The van der Waals surface area contributed by atoms with Gasteiger partial charge in [0.1, 0.15) is 0 Å². The Balaban J connectivity index is 0.000000227. The van der Waals surface area contributed by atoms with E-state index in [1.807, 2.05) is 54.9 Å². The average Bonchev–Trinajstić information content (AvgIpc) is 2.80. The van der Waals surface area contributed by atoms with Crippen LogP contribution in [0.1, 0.15) is 38.8 Å². The molecule has 0 fully saturated rings. The number of rotatable bonds is 6. The Labute approximate surface area is 212 Å². The molecule has 2 heterocycles. The van der Waals surface area contributed by atoms with E-state index >= 15 is 0 Å². The van der Waals surface area contributed by atoms with E-state index in [2.05, 4.69) is 80.1 Å². The molecule has 0 bridgehead atoms. The SMILES string of the molecule is CC(C)Cc1ccnc(-c2[c-]cccc2)c1.CC(C)Cc1ccnc(-c2ccccc2)c1.[Ir]. The molecular formula is C30H33IrN2-. The third-order valence-corrected chi connectivity index (χ3v) is 4.99. The van der Waals surface area contributed by atoms with Gasteiger partial charge in [-0.25, -0.2) is 0 Å². The van der Waals surface area contributed by atoms with Crippen LogP contribution in [0.25, 0.3) is 22.5 Å². The smallest absolute Gasteiger partial charge is 0.0704 e. The zero-order chi connectivity index (χ0) is 22.8. The summed E-state index contributed by atoms with van der Waals surface area (Å²) >= 11 is 0. The van der Waals surface area contributed by atoms with Crippen LogP contribution in [0.3, 0.4) is 0 Å². The molecule has 0 unspecified atom stereocenters. The van der Waals surface area contributed by atoms with Crippen molar-refractivity contribution in [2.45, 2.75) is 40.5 Å². The van der Waals surface area contributed by atoms with Crippen LogP contribution in [0, 0.1) is 17.9 Å². The standard InChI is InChI=1S/C15H17N.C15H16N.Ir/c2*1-12(2)10-13-8-9-16-15(11-13)14-6-4-3-5-7-14;/h3-9,11-12H,10H2,1-2H3;3-6,8-9,11-12H,10H2,1-2H3;/q;-1;. The van der Waals surface area contributed by atoms with Crippen LogP contribution < -0.4 is 0 Å². The van der Waals surface area contributed by atoms with Gasteiger partial charge in [0.2, 0.25) is 0 Å². The van der Waals surface area contributed by atoms with Gasteiger partial charge in [-0.1, -0.05) is 69.7 Å². The number of hydrogen-bond acceptors (Lipinski definition) is 2. The molecule has 2 aromatic carbocycles. The number of benzene rings is 2. The van der Waals surface area contributed by atoms with E-state index in [1.165, 1.54) is 16.7 Å². The van der Waals surface area contributed by atoms with Gasteiger partial charge in [0, 0.05) is 38.1 Å². The molecule has 0 N–H and O–H groups in total. The minimum Gasteiger partial charge on any atom is -0.305 e. The summed E-state index contributed by atoms with van der Waals surface area (Å²) in [5.41, 5.74) is 7.04. The molecule has 2 nitrogen and oxygen atoms in total. The Morgan fingerprint density at radius 3 is 1.76 bits per heavy atom. The Hall–Kier alpha value is -2.61. The second kappa shape index (κ2) is 13.8. The Morgan fingerprint density at radius 2 is 1.21 bits per heavy atom. The summed E-state index contributed by atoms with van der Waals surface area (Å²) in [7, 11) is 0. The van der Waals surface area contributed by atoms with Gasteiger partial charge in [-0.2, -0.15) is 0 Å². The second-order valence-corrected chi connectivity index (χ2v) is 8.94. The van der Waals surface area contributed by atoms with Crippen LogP contribution in [-0.2, 0) is 32.9 Å². The number of nitrogens with zero attached hydrogens (tertiary/aromatic N) is 2. The van der Waals surface area contributed by atoms with Crippen molar-refractivity contribution in [1.29, 1.82) is 0 Å². The molecule has 0 saturated heterocycles. The molecule has 0 spiro atoms. The van der Waals surface area contributed by atoms with Crippen molar-refractivity contribution >= 4 is 0 Å². The number of hydrogen-bond donors (Lipinski definition) is 0. The minimum atomic E-state index is 0. The van der Waals surface area contributed by atoms with Gasteiger partial charge in [-0.05, 0) is 54.1 Å². The summed E-state index contributed by atoms with van der Waals surface area (Å²) in [4.78, 5) is 8.80. The average molecular weight is 614 g/mol. The van der Waals surface area contributed by atoms with E-state index in [9.17, 15) is 0 Å². The molecule has 0 saturated carbocycles. The van der Waals surface area contributed by atoms with Gasteiger partial charge in [0.15, 0.2) is 0 Å². The summed E-state index contributed by atoms with van der Waals surface area (Å²) in [5, 5.41) is 0. The van der Waals surface area contributed by atoms with Crippen LogP contribution in [-0.4, -0.2) is 9.97 Å². The fourth-order valence-electron chi connectivity index (χ4n) is 3.61. The van der Waals surface area contributed by atoms with Crippen LogP contribution in [0.5, 0.6) is 0 Å². The minimum absolute atomic E-state index is 0. The fourth-order valence-corrected chi connectivity index (χ4v) is 3.61. The predicted octanol–water partition coefficient (Wildman–Crippen LogP) is 7.69. The summed E-state index contributed by atoms with van der Waals surface area (Å²) in [6.45, 7) is 8.94. The molecule has 0 atom stereocenters.